The Labute approximate surface area is 220 Å². The Balaban J connectivity index is 1.52. The molecule has 4 N–H and O–H groups in total. The van der Waals surface area contributed by atoms with E-state index in [2.05, 4.69) is 21.3 Å². The van der Waals surface area contributed by atoms with Crippen LogP contribution in [0.25, 0.3) is 0 Å². The van der Waals surface area contributed by atoms with Crippen molar-refractivity contribution in [2.24, 2.45) is 0 Å². The van der Waals surface area contributed by atoms with Gasteiger partial charge in [-0.25, -0.2) is 0 Å². The van der Waals surface area contributed by atoms with Crippen LogP contribution in [-0.2, 0) is 19.1 Å². The molecule has 0 unspecified atom stereocenters. The average molecular weight is 521 g/mol. The van der Waals surface area contributed by atoms with E-state index in [1.807, 2.05) is 42.5 Å². The van der Waals surface area contributed by atoms with Crippen LogP contribution in [0.5, 0.6) is 0 Å². The number of carbonyl (C=O) groups excluding carboxylic acids is 3. The molecule has 9 nitrogen and oxygen atoms in total. The molecule has 0 heterocycles. The van der Waals surface area contributed by atoms with E-state index >= 15 is 0 Å². The molecule has 2 amide bonds. The Morgan fingerprint density at radius 3 is 2.14 bits per heavy atom. The monoisotopic (exact) mass is 520 g/mol. The molecule has 0 saturated heterocycles. The Hall–Kier alpha value is -4.28. The molecule has 0 fully saturated rings. The summed E-state index contributed by atoms with van der Waals surface area (Å²) in [5.74, 6) is -1.30. The third-order valence-electron chi connectivity index (χ3n) is 4.98. The molecule has 3 aromatic carbocycles. The van der Waals surface area contributed by atoms with Crippen LogP contribution in [0.2, 0.25) is 0 Å². The van der Waals surface area contributed by atoms with Crippen molar-refractivity contribution in [2.75, 3.05) is 36.3 Å². The van der Waals surface area contributed by atoms with Gasteiger partial charge in [0.15, 0.2) is 5.11 Å². The van der Waals surface area contributed by atoms with Crippen LogP contribution in [0.3, 0.4) is 0 Å². The summed E-state index contributed by atoms with van der Waals surface area (Å²) in [5.41, 5.74) is 3.23. The lowest BCUT2D eigenvalue weighted by Gasteiger charge is -2.14. The predicted octanol–water partition coefficient (Wildman–Crippen LogP) is 4.47. The van der Waals surface area contributed by atoms with Crippen LogP contribution in [0.4, 0.5) is 22.7 Å². The number of carbonyl (C=O) groups is 3. The van der Waals surface area contributed by atoms with Crippen LogP contribution < -0.4 is 21.3 Å². The van der Waals surface area contributed by atoms with Gasteiger partial charge in [0, 0.05) is 30.6 Å². The number of thiocarbonyl (C=S) groups is 1. The smallest absolute Gasteiger partial charge is 0.306 e. The Kier molecular flexibility index (Phi) is 10.6. The van der Waals surface area contributed by atoms with E-state index < -0.39 is 11.9 Å². The zero-order valence-corrected chi connectivity index (χ0v) is 21.1. The van der Waals surface area contributed by atoms with Crippen molar-refractivity contribution in [1.82, 2.24) is 5.32 Å². The van der Waals surface area contributed by atoms with Gasteiger partial charge in [0.2, 0.25) is 5.91 Å². The zero-order valence-electron chi connectivity index (χ0n) is 20.3. The number of benzene rings is 3. The van der Waals surface area contributed by atoms with Crippen molar-refractivity contribution in [2.45, 2.75) is 12.8 Å². The minimum atomic E-state index is -0.503. The Morgan fingerprint density at radius 2 is 1.41 bits per heavy atom. The lowest BCUT2D eigenvalue weighted by molar-refractivity contribution is -0.146. The minimum absolute atomic E-state index is 0.00865. The van der Waals surface area contributed by atoms with Crippen molar-refractivity contribution in [3.8, 4) is 0 Å². The van der Waals surface area contributed by atoms with E-state index in [9.17, 15) is 14.4 Å². The summed E-state index contributed by atoms with van der Waals surface area (Å²) in [6.45, 7) is 0.417. The second-order valence-electron chi connectivity index (χ2n) is 7.78. The highest BCUT2D eigenvalue weighted by molar-refractivity contribution is 7.80. The molecule has 0 aromatic heterocycles. The fourth-order valence-corrected chi connectivity index (χ4v) is 3.41. The molecule has 0 radical (unpaired) electrons. The zero-order chi connectivity index (χ0) is 26.5. The topological polar surface area (TPSA) is 118 Å². The molecule has 0 atom stereocenters. The summed E-state index contributed by atoms with van der Waals surface area (Å²) >= 11 is 5.21. The molecule has 0 aliphatic rings. The summed E-state index contributed by atoms with van der Waals surface area (Å²) in [6.07, 6.45) is -0.179. The number of rotatable bonds is 11. The predicted molar refractivity (Wildman–Crippen MR) is 147 cm³/mol. The number of methoxy groups -OCH3 is 1. The standard InChI is InChI=1S/C27H28N4O5S/c1-35-17-18-36-25(33)16-15-24(32)31-27(37)30-23-10-6-5-9-22(23)26(34)29-21-13-11-20(12-14-21)28-19-7-3-2-4-8-19/h2-14,28H,15-18H2,1H3,(H,29,34)(H2,30,31,32,37). The largest absolute Gasteiger partial charge is 0.463 e. The molecular weight excluding hydrogens is 492 g/mol. The van der Waals surface area contributed by atoms with Gasteiger partial charge in [0.25, 0.3) is 5.91 Å². The highest BCUT2D eigenvalue weighted by Crippen LogP contribution is 2.21. The normalized spacial score (nSPS) is 10.2. The van der Waals surface area contributed by atoms with Gasteiger partial charge in [-0.1, -0.05) is 30.3 Å². The molecule has 37 heavy (non-hydrogen) atoms. The second-order valence-corrected chi connectivity index (χ2v) is 8.19. The van der Waals surface area contributed by atoms with Crippen LogP contribution in [0.1, 0.15) is 23.2 Å². The van der Waals surface area contributed by atoms with Crippen LogP contribution in [0, 0.1) is 0 Å². The summed E-state index contributed by atoms with van der Waals surface area (Å²) in [7, 11) is 1.50. The summed E-state index contributed by atoms with van der Waals surface area (Å²) in [4.78, 5) is 36.7. The van der Waals surface area contributed by atoms with E-state index in [4.69, 9.17) is 21.7 Å². The molecule has 192 valence electrons. The first-order valence-electron chi connectivity index (χ1n) is 11.5. The van der Waals surface area contributed by atoms with Crippen LogP contribution in [-0.4, -0.2) is 43.2 Å². The fourth-order valence-electron chi connectivity index (χ4n) is 3.18. The number of anilines is 4. The van der Waals surface area contributed by atoms with Gasteiger partial charge < -0.3 is 30.7 Å². The van der Waals surface area contributed by atoms with Crippen molar-refractivity contribution < 1.29 is 23.9 Å². The van der Waals surface area contributed by atoms with Gasteiger partial charge in [-0.2, -0.15) is 0 Å². The van der Waals surface area contributed by atoms with E-state index in [-0.39, 0.29) is 37.1 Å². The van der Waals surface area contributed by atoms with Gasteiger partial charge in [-0.3, -0.25) is 14.4 Å². The Morgan fingerprint density at radius 1 is 0.757 bits per heavy atom. The van der Waals surface area contributed by atoms with E-state index in [0.717, 1.165) is 11.4 Å². The first-order chi connectivity index (χ1) is 17.9. The van der Waals surface area contributed by atoms with Crippen molar-refractivity contribution >= 4 is 57.9 Å². The van der Waals surface area contributed by atoms with Gasteiger partial charge in [0.1, 0.15) is 6.61 Å². The van der Waals surface area contributed by atoms with Gasteiger partial charge >= 0.3 is 5.97 Å². The summed E-state index contributed by atoms with van der Waals surface area (Å²) in [5, 5.41) is 11.5. The van der Waals surface area contributed by atoms with Crippen LogP contribution >= 0.6 is 12.2 Å². The van der Waals surface area contributed by atoms with E-state index in [1.54, 1.807) is 36.4 Å². The maximum Gasteiger partial charge on any atom is 0.306 e. The summed E-state index contributed by atoms with van der Waals surface area (Å²) in [6, 6.07) is 23.9. The second kappa shape index (κ2) is 14.3. The van der Waals surface area contributed by atoms with Crippen molar-refractivity contribution in [3.05, 3.63) is 84.4 Å². The van der Waals surface area contributed by atoms with E-state index in [0.29, 0.717) is 16.9 Å². The minimum Gasteiger partial charge on any atom is -0.463 e. The molecule has 10 heteroatoms. The molecule has 0 saturated carbocycles. The Bertz CT molecular complexity index is 1220. The molecule has 3 rings (SSSR count). The third-order valence-corrected chi connectivity index (χ3v) is 5.19. The maximum absolute atomic E-state index is 12.9. The maximum atomic E-state index is 12.9. The lowest BCUT2D eigenvalue weighted by Crippen LogP contribution is -2.35. The van der Waals surface area contributed by atoms with Crippen molar-refractivity contribution in [1.29, 1.82) is 0 Å². The first kappa shape index (κ1) is 27.3. The quantitative estimate of drug-likeness (QED) is 0.166. The number of hydrogen-bond donors (Lipinski definition) is 4. The van der Waals surface area contributed by atoms with Crippen molar-refractivity contribution in [3.63, 3.8) is 0 Å². The highest BCUT2D eigenvalue weighted by Gasteiger charge is 2.14. The number of esters is 1. The molecule has 3 aromatic rings. The SMILES string of the molecule is COCCOC(=O)CCC(=O)NC(=S)Nc1ccccc1C(=O)Nc1ccc(Nc2ccccc2)cc1. The fraction of sp³-hybridized carbons (Fsp3) is 0.185. The molecule has 0 aliphatic heterocycles. The summed E-state index contributed by atoms with van der Waals surface area (Å²) < 4.78 is 9.72. The number of amides is 2. The third kappa shape index (κ3) is 9.36. The number of ether oxygens (including phenoxy) is 2. The number of hydrogen-bond acceptors (Lipinski definition) is 7. The molecule has 0 aliphatic carbocycles. The number of nitrogens with one attached hydrogen (secondary N) is 4. The van der Waals surface area contributed by atoms with Gasteiger partial charge in [-0.05, 0) is 60.7 Å². The van der Waals surface area contributed by atoms with E-state index in [1.165, 1.54) is 7.11 Å². The molecule has 0 spiro atoms. The highest BCUT2D eigenvalue weighted by atomic mass is 32.1. The number of para-hydroxylation sites is 2. The first-order valence-corrected chi connectivity index (χ1v) is 11.9. The van der Waals surface area contributed by atoms with Gasteiger partial charge in [-0.15, -0.1) is 0 Å². The van der Waals surface area contributed by atoms with Gasteiger partial charge in [0.05, 0.1) is 24.3 Å². The average Bonchev–Trinajstić information content (AvgIpc) is 2.89. The molecular formula is C27H28N4O5S. The van der Waals surface area contributed by atoms with Crippen LogP contribution in [0.15, 0.2) is 78.9 Å². The lowest BCUT2D eigenvalue weighted by atomic mass is 10.1. The molecule has 0 bridgehead atoms.